The number of benzene rings is 1. The van der Waals surface area contributed by atoms with Gasteiger partial charge in [0.25, 0.3) is 0 Å². The molecule has 0 amide bonds. The van der Waals surface area contributed by atoms with Gasteiger partial charge in [-0.1, -0.05) is 29.8 Å². The molecule has 1 atom stereocenters. The van der Waals surface area contributed by atoms with Crippen molar-refractivity contribution < 1.29 is 9.84 Å². The van der Waals surface area contributed by atoms with Gasteiger partial charge in [-0.25, -0.2) is 0 Å². The van der Waals surface area contributed by atoms with E-state index in [4.69, 9.17) is 16.3 Å². The third kappa shape index (κ3) is 5.07. The molecule has 0 aliphatic carbocycles. The van der Waals surface area contributed by atoms with Crippen LogP contribution >= 0.6 is 11.6 Å². The monoisotopic (exact) mass is 256 g/mol. The molecule has 0 bridgehead atoms. The van der Waals surface area contributed by atoms with Gasteiger partial charge in [-0.2, -0.15) is 0 Å². The van der Waals surface area contributed by atoms with Crippen LogP contribution in [0.25, 0.3) is 0 Å². The van der Waals surface area contributed by atoms with Crippen LogP contribution in [0.5, 0.6) is 0 Å². The van der Waals surface area contributed by atoms with Crippen molar-refractivity contribution in [2.24, 2.45) is 0 Å². The molecule has 1 rings (SSSR count). The minimum atomic E-state index is -0.371. The van der Waals surface area contributed by atoms with E-state index in [9.17, 15) is 5.11 Å². The standard InChI is InChI=1S/C14H21ClO2/c1-14(2,17-3)9-8-12(16)10-11-6-4-5-7-13(11)15/h4-7,12,16H,8-10H2,1-3H3. The summed E-state index contributed by atoms with van der Waals surface area (Å²) in [5, 5.41) is 10.7. The van der Waals surface area contributed by atoms with Crippen molar-refractivity contribution >= 4 is 11.6 Å². The minimum Gasteiger partial charge on any atom is -0.393 e. The van der Waals surface area contributed by atoms with Crippen LogP contribution < -0.4 is 0 Å². The molecular formula is C14H21ClO2. The van der Waals surface area contributed by atoms with E-state index in [2.05, 4.69) is 0 Å². The highest BCUT2D eigenvalue weighted by atomic mass is 35.5. The van der Waals surface area contributed by atoms with E-state index in [0.29, 0.717) is 12.8 Å². The lowest BCUT2D eigenvalue weighted by atomic mass is 9.97. The van der Waals surface area contributed by atoms with Crippen LogP contribution in [0, 0.1) is 0 Å². The Morgan fingerprint density at radius 2 is 2.00 bits per heavy atom. The van der Waals surface area contributed by atoms with Crippen LogP contribution in [0.2, 0.25) is 5.02 Å². The predicted molar refractivity (Wildman–Crippen MR) is 71.5 cm³/mol. The van der Waals surface area contributed by atoms with Crippen molar-refractivity contribution in [3.63, 3.8) is 0 Å². The molecule has 96 valence electrons. The Kier molecular flexibility index (Phi) is 5.44. The molecule has 17 heavy (non-hydrogen) atoms. The van der Waals surface area contributed by atoms with Crippen molar-refractivity contribution in [3.05, 3.63) is 34.9 Å². The summed E-state index contributed by atoms with van der Waals surface area (Å²) in [7, 11) is 1.69. The summed E-state index contributed by atoms with van der Waals surface area (Å²) in [5.41, 5.74) is 0.818. The van der Waals surface area contributed by atoms with Crippen LogP contribution in [0.4, 0.5) is 0 Å². The maximum Gasteiger partial charge on any atom is 0.0623 e. The second-order valence-corrected chi connectivity index (χ2v) is 5.36. The lowest BCUT2D eigenvalue weighted by Gasteiger charge is -2.24. The number of methoxy groups -OCH3 is 1. The van der Waals surface area contributed by atoms with Gasteiger partial charge in [0.2, 0.25) is 0 Å². The molecule has 1 aromatic rings. The van der Waals surface area contributed by atoms with E-state index in [1.54, 1.807) is 7.11 Å². The highest BCUT2D eigenvalue weighted by molar-refractivity contribution is 6.31. The Hall–Kier alpha value is -0.570. The first kappa shape index (κ1) is 14.5. The predicted octanol–water partition coefficient (Wildman–Crippen LogP) is 3.45. The normalized spacial score (nSPS) is 13.7. The number of hydrogen-bond acceptors (Lipinski definition) is 2. The number of hydrogen-bond donors (Lipinski definition) is 1. The SMILES string of the molecule is COC(C)(C)CCC(O)Cc1ccccc1Cl. The number of aliphatic hydroxyl groups excluding tert-OH is 1. The number of aliphatic hydroxyl groups is 1. The van der Waals surface area contributed by atoms with Gasteiger partial charge in [0.05, 0.1) is 11.7 Å². The molecule has 2 nitrogen and oxygen atoms in total. The van der Waals surface area contributed by atoms with E-state index < -0.39 is 0 Å². The van der Waals surface area contributed by atoms with E-state index in [-0.39, 0.29) is 11.7 Å². The van der Waals surface area contributed by atoms with Gasteiger partial charge in [-0.3, -0.25) is 0 Å². The summed E-state index contributed by atoms with van der Waals surface area (Å²) in [6, 6.07) is 7.63. The Balaban J connectivity index is 2.45. The smallest absolute Gasteiger partial charge is 0.0623 e. The molecule has 1 unspecified atom stereocenters. The zero-order valence-corrected chi connectivity index (χ0v) is 11.5. The molecule has 0 aromatic heterocycles. The lowest BCUT2D eigenvalue weighted by molar-refractivity contribution is 0.00307. The highest BCUT2D eigenvalue weighted by Crippen LogP contribution is 2.21. The minimum absolute atomic E-state index is 0.179. The second kappa shape index (κ2) is 6.39. The molecule has 1 aromatic carbocycles. The Bertz CT molecular complexity index is 350. The molecule has 0 saturated heterocycles. The van der Waals surface area contributed by atoms with E-state index in [0.717, 1.165) is 17.0 Å². The topological polar surface area (TPSA) is 29.5 Å². The molecular weight excluding hydrogens is 236 g/mol. The van der Waals surface area contributed by atoms with Gasteiger partial charge in [-0.15, -0.1) is 0 Å². The van der Waals surface area contributed by atoms with Gasteiger partial charge in [0.15, 0.2) is 0 Å². The van der Waals surface area contributed by atoms with Crippen molar-refractivity contribution in [2.45, 2.75) is 44.8 Å². The molecule has 0 aliphatic heterocycles. The zero-order chi connectivity index (χ0) is 12.9. The third-order valence-corrected chi connectivity index (χ3v) is 3.41. The van der Waals surface area contributed by atoms with Crippen LogP contribution in [0.3, 0.4) is 0 Å². The summed E-state index contributed by atoms with van der Waals surface area (Å²) in [5.74, 6) is 0. The molecule has 0 aliphatic rings. The summed E-state index contributed by atoms with van der Waals surface area (Å²) in [6.45, 7) is 4.05. The average molecular weight is 257 g/mol. The molecule has 0 fully saturated rings. The van der Waals surface area contributed by atoms with E-state index in [1.807, 2.05) is 38.1 Å². The quantitative estimate of drug-likeness (QED) is 0.845. The van der Waals surface area contributed by atoms with Crippen LogP contribution in [0.1, 0.15) is 32.3 Å². The van der Waals surface area contributed by atoms with E-state index >= 15 is 0 Å². The first-order chi connectivity index (χ1) is 7.94. The van der Waals surface area contributed by atoms with Crippen LogP contribution in [-0.4, -0.2) is 23.9 Å². The van der Waals surface area contributed by atoms with E-state index in [1.165, 1.54) is 0 Å². The summed E-state index contributed by atoms with van der Waals surface area (Å²) in [4.78, 5) is 0. The number of rotatable bonds is 6. The third-order valence-electron chi connectivity index (χ3n) is 3.05. The number of ether oxygens (including phenoxy) is 1. The molecule has 0 radical (unpaired) electrons. The molecule has 1 N–H and O–H groups in total. The Labute approximate surface area is 109 Å². The zero-order valence-electron chi connectivity index (χ0n) is 10.7. The molecule has 0 spiro atoms. The van der Waals surface area contributed by atoms with Crippen molar-refractivity contribution in [3.8, 4) is 0 Å². The molecule has 0 heterocycles. The fourth-order valence-corrected chi connectivity index (χ4v) is 1.85. The maximum absolute atomic E-state index is 9.97. The molecule has 3 heteroatoms. The second-order valence-electron chi connectivity index (χ2n) is 4.95. The fourth-order valence-electron chi connectivity index (χ4n) is 1.64. The largest absolute Gasteiger partial charge is 0.393 e. The van der Waals surface area contributed by atoms with Crippen molar-refractivity contribution in [1.29, 1.82) is 0 Å². The summed E-state index contributed by atoms with van der Waals surface area (Å²) in [6.07, 6.45) is 1.77. The van der Waals surface area contributed by atoms with Crippen LogP contribution in [-0.2, 0) is 11.2 Å². The first-order valence-corrected chi connectivity index (χ1v) is 6.29. The molecule has 0 saturated carbocycles. The van der Waals surface area contributed by atoms with Crippen LogP contribution in [0.15, 0.2) is 24.3 Å². The van der Waals surface area contributed by atoms with Gasteiger partial charge < -0.3 is 9.84 Å². The highest BCUT2D eigenvalue weighted by Gasteiger charge is 2.18. The lowest BCUT2D eigenvalue weighted by Crippen LogP contribution is -2.25. The average Bonchev–Trinajstić information content (AvgIpc) is 2.30. The maximum atomic E-state index is 9.97. The fraction of sp³-hybridized carbons (Fsp3) is 0.571. The summed E-state index contributed by atoms with van der Waals surface area (Å²) < 4.78 is 5.32. The van der Waals surface area contributed by atoms with Crippen molar-refractivity contribution in [2.75, 3.05) is 7.11 Å². The number of halogens is 1. The Morgan fingerprint density at radius 1 is 1.35 bits per heavy atom. The van der Waals surface area contributed by atoms with Gasteiger partial charge in [-0.05, 0) is 44.7 Å². The van der Waals surface area contributed by atoms with Gasteiger partial charge in [0.1, 0.15) is 0 Å². The van der Waals surface area contributed by atoms with Crippen molar-refractivity contribution in [1.82, 2.24) is 0 Å². The van der Waals surface area contributed by atoms with Gasteiger partial charge >= 0.3 is 0 Å². The first-order valence-electron chi connectivity index (χ1n) is 5.91. The Morgan fingerprint density at radius 3 is 2.59 bits per heavy atom. The summed E-state index contributed by atoms with van der Waals surface area (Å²) >= 11 is 6.05. The van der Waals surface area contributed by atoms with Gasteiger partial charge in [0, 0.05) is 12.1 Å².